The second-order valence-corrected chi connectivity index (χ2v) is 8.21. The van der Waals surface area contributed by atoms with E-state index in [1.54, 1.807) is 6.20 Å². The van der Waals surface area contributed by atoms with Crippen LogP contribution in [0.4, 0.5) is 0 Å². The summed E-state index contributed by atoms with van der Waals surface area (Å²) in [6.07, 6.45) is 3.42. The van der Waals surface area contributed by atoms with Gasteiger partial charge in [0.2, 0.25) is 12.3 Å². The number of nitrogens with one attached hydrogen (secondary N) is 1. The van der Waals surface area contributed by atoms with E-state index in [0.29, 0.717) is 23.2 Å². The molecule has 1 aliphatic rings. The lowest BCUT2D eigenvalue weighted by molar-refractivity contribution is -0.120. The van der Waals surface area contributed by atoms with Crippen LogP contribution in [-0.4, -0.2) is 32.8 Å². The van der Waals surface area contributed by atoms with Gasteiger partial charge in [-0.3, -0.25) is 9.78 Å². The SMILES string of the molecule is Cc1cnc(C)c(Oc2ccc(C3c4[nH]c5ccc(Cl)cc5c4CCN3C=O)cc2)n1. The average molecular weight is 433 g/mol. The maximum absolute atomic E-state index is 11.9. The van der Waals surface area contributed by atoms with Crippen LogP contribution in [0.2, 0.25) is 5.02 Å². The van der Waals surface area contributed by atoms with Gasteiger partial charge in [0.1, 0.15) is 5.75 Å². The highest BCUT2D eigenvalue weighted by Crippen LogP contribution is 2.39. The number of carbonyl (C=O) groups excluding carboxylic acids is 1. The Hall–Kier alpha value is -3.38. The van der Waals surface area contributed by atoms with Crippen molar-refractivity contribution < 1.29 is 9.53 Å². The third kappa shape index (κ3) is 3.53. The number of amides is 1. The zero-order valence-corrected chi connectivity index (χ0v) is 18.0. The number of rotatable bonds is 4. The van der Waals surface area contributed by atoms with Gasteiger partial charge in [0, 0.05) is 34.4 Å². The van der Waals surface area contributed by atoms with Crippen molar-refractivity contribution in [3.63, 3.8) is 0 Å². The minimum Gasteiger partial charge on any atom is -0.437 e. The third-order valence-electron chi connectivity index (χ3n) is 5.70. The Kier molecular flexibility index (Phi) is 4.87. The molecule has 4 aromatic rings. The lowest BCUT2D eigenvalue weighted by Gasteiger charge is -2.33. The van der Waals surface area contributed by atoms with E-state index in [9.17, 15) is 4.79 Å². The molecular formula is C24H21ClN4O2. The molecule has 6 nitrogen and oxygen atoms in total. The second-order valence-electron chi connectivity index (χ2n) is 7.78. The van der Waals surface area contributed by atoms with Gasteiger partial charge in [-0.25, -0.2) is 4.98 Å². The molecule has 0 saturated heterocycles. The van der Waals surface area contributed by atoms with Crippen LogP contribution in [0.1, 0.15) is 34.3 Å². The summed E-state index contributed by atoms with van der Waals surface area (Å²) in [5.74, 6) is 1.17. The van der Waals surface area contributed by atoms with Gasteiger partial charge in [0.15, 0.2) is 0 Å². The average Bonchev–Trinajstić information content (AvgIpc) is 3.14. The summed E-state index contributed by atoms with van der Waals surface area (Å²) in [4.78, 5) is 25.9. The molecule has 31 heavy (non-hydrogen) atoms. The number of halogens is 1. The summed E-state index contributed by atoms with van der Waals surface area (Å²) < 4.78 is 5.94. The topological polar surface area (TPSA) is 71.1 Å². The van der Waals surface area contributed by atoms with E-state index in [0.717, 1.165) is 46.4 Å². The van der Waals surface area contributed by atoms with Crippen molar-refractivity contribution in [2.45, 2.75) is 26.3 Å². The normalized spacial score (nSPS) is 15.7. The predicted molar refractivity (Wildman–Crippen MR) is 120 cm³/mol. The van der Waals surface area contributed by atoms with Crippen LogP contribution < -0.4 is 4.74 Å². The van der Waals surface area contributed by atoms with E-state index >= 15 is 0 Å². The number of ether oxygens (including phenoxy) is 1. The van der Waals surface area contributed by atoms with E-state index < -0.39 is 0 Å². The number of fused-ring (bicyclic) bond motifs is 3. The van der Waals surface area contributed by atoms with Crippen LogP contribution in [0.3, 0.4) is 0 Å². The summed E-state index contributed by atoms with van der Waals surface area (Å²) in [7, 11) is 0. The van der Waals surface area contributed by atoms with E-state index in [4.69, 9.17) is 16.3 Å². The Bertz CT molecular complexity index is 1280. The molecular weight excluding hydrogens is 412 g/mol. The minimum absolute atomic E-state index is 0.193. The van der Waals surface area contributed by atoms with Crippen LogP contribution in [-0.2, 0) is 11.2 Å². The molecule has 156 valence electrons. The number of hydrogen-bond donors (Lipinski definition) is 1. The summed E-state index contributed by atoms with van der Waals surface area (Å²) in [5, 5.41) is 1.83. The van der Waals surface area contributed by atoms with Crippen molar-refractivity contribution in [2.75, 3.05) is 6.54 Å². The number of carbonyl (C=O) groups is 1. The zero-order valence-electron chi connectivity index (χ0n) is 17.2. The van der Waals surface area contributed by atoms with Gasteiger partial charge in [0.05, 0.1) is 17.4 Å². The van der Waals surface area contributed by atoms with Gasteiger partial charge in [-0.05, 0) is 61.7 Å². The molecule has 7 heteroatoms. The van der Waals surface area contributed by atoms with Gasteiger partial charge in [-0.15, -0.1) is 0 Å². The maximum atomic E-state index is 11.9. The first kappa shape index (κ1) is 19.6. The monoisotopic (exact) mass is 432 g/mol. The molecule has 3 heterocycles. The number of aromatic amines is 1. The van der Waals surface area contributed by atoms with Gasteiger partial charge in [0.25, 0.3) is 0 Å². The molecule has 0 saturated carbocycles. The lowest BCUT2D eigenvalue weighted by atomic mass is 9.93. The summed E-state index contributed by atoms with van der Waals surface area (Å²) in [6.45, 7) is 4.39. The number of nitrogens with zero attached hydrogens (tertiary/aromatic N) is 3. The van der Waals surface area contributed by atoms with Gasteiger partial charge in [-0.1, -0.05) is 23.7 Å². The number of aromatic nitrogens is 3. The van der Waals surface area contributed by atoms with Crippen molar-refractivity contribution in [2.24, 2.45) is 0 Å². The van der Waals surface area contributed by atoms with E-state index in [-0.39, 0.29) is 6.04 Å². The Morgan fingerprint density at radius 2 is 2.00 bits per heavy atom. The number of H-pyrrole nitrogens is 1. The summed E-state index contributed by atoms with van der Waals surface area (Å²) in [6, 6.07) is 13.4. The smallest absolute Gasteiger partial charge is 0.241 e. The molecule has 1 unspecified atom stereocenters. The predicted octanol–water partition coefficient (Wildman–Crippen LogP) is 5.12. The molecule has 1 amide bonds. The molecule has 1 N–H and O–H groups in total. The van der Waals surface area contributed by atoms with Crippen LogP contribution >= 0.6 is 11.6 Å². The van der Waals surface area contributed by atoms with E-state index in [1.807, 2.05) is 61.2 Å². The molecule has 2 aromatic carbocycles. The van der Waals surface area contributed by atoms with Crippen LogP contribution in [0.25, 0.3) is 10.9 Å². The van der Waals surface area contributed by atoms with Crippen LogP contribution in [0.15, 0.2) is 48.7 Å². The molecule has 1 aliphatic heterocycles. The Morgan fingerprint density at radius 1 is 1.19 bits per heavy atom. The fraction of sp³-hybridized carbons (Fsp3) is 0.208. The van der Waals surface area contributed by atoms with Crippen LogP contribution in [0, 0.1) is 13.8 Å². The Morgan fingerprint density at radius 3 is 2.77 bits per heavy atom. The van der Waals surface area contributed by atoms with Crippen molar-refractivity contribution >= 4 is 28.9 Å². The lowest BCUT2D eigenvalue weighted by Crippen LogP contribution is -2.34. The van der Waals surface area contributed by atoms with Crippen LogP contribution in [0.5, 0.6) is 11.6 Å². The zero-order chi connectivity index (χ0) is 21.5. The molecule has 0 fully saturated rings. The van der Waals surface area contributed by atoms with Crippen molar-refractivity contribution in [3.05, 3.63) is 81.9 Å². The Labute approximate surface area is 184 Å². The first-order valence-electron chi connectivity index (χ1n) is 10.1. The largest absolute Gasteiger partial charge is 0.437 e. The number of hydrogen-bond acceptors (Lipinski definition) is 4. The number of benzene rings is 2. The fourth-order valence-corrected chi connectivity index (χ4v) is 4.36. The summed E-state index contributed by atoms with van der Waals surface area (Å²) in [5.41, 5.74) is 5.81. The number of aryl methyl sites for hydroxylation is 2. The minimum atomic E-state index is -0.193. The van der Waals surface area contributed by atoms with E-state index in [1.165, 1.54) is 5.56 Å². The standard InChI is InChI=1S/C24H21ClN4O2/c1-14-12-26-15(2)24(27-14)31-18-6-3-16(4-7-18)23-22-19(9-10-29(23)13-30)20-11-17(25)5-8-21(20)28-22/h3-8,11-13,23,28H,9-10H2,1-2H3. The highest BCUT2D eigenvalue weighted by Gasteiger charge is 2.31. The molecule has 0 aliphatic carbocycles. The molecule has 0 bridgehead atoms. The van der Waals surface area contributed by atoms with Gasteiger partial charge >= 0.3 is 0 Å². The van der Waals surface area contributed by atoms with E-state index in [2.05, 4.69) is 15.0 Å². The summed E-state index contributed by atoms with van der Waals surface area (Å²) >= 11 is 6.23. The second kappa shape index (κ2) is 7.71. The first-order valence-corrected chi connectivity index (χ1v) is 10.5. The quantitative estimate of drug-likeness (QED) is 0.454. The van der Waals surface area contributed by atoms with Gasteiger partial charge in [-0.2, -0.15) is 0 Å². The fourth-order valence-electron chi connectivity index (χ4n) is 4.19. The third-order valence-corrected chi connectivity index (χ3v) is 5.94. The highest BCUT2D eigenvalue weighted by atomic mass is 35.5. The first-order chi connectivity index (χ1) is 15.0. The molecule has 5 rings (SSSR count). The maximum Gasteiger partial charge on any atom is 0.241 e. The van der Waals surface area contributed by atoms with Crippen molar-refractivity contribution in [1.82, 2.24) is 19.9 Å². The Balaban J connectivity index is 1.51. The van der Waals surface area contributed by atoms with Crippen molar-refractivity contribution in [1.29, 1.82) is 0 Å². The molecule has 0 radical (unpaired) electrons. The molecule has 0 spiro atoms. The van der Waals surface area contributed by atoms with Crippen molar-refractivity contribution in [3.8, 4) is 11.6 Å². The van der Waals surface area contributed by atoms with Gasteiger partial charge < -0.3 is 14.6 Å². The molecule has 2 aromatic heterocycles. The highest BCUT2D eigenvalue weighted by molar-refractivity contribution is 6.31. The molecule has 1 atom stereocenters.